The average molecular weight is 289 g/mol. The molecule has 0 saturated heterocycles. The van der Waals surface area contributed by atoms with Gasteiger partial charge in [0.1, 0.15) is 0 Å². The van der Waals surface area contributed by atoms with Gasteiger partial charge >= 0.3 is 0 Å². The molecule has 118 valence electrons. The Kier molecular flexibility index (Phi) is 6.68. The normalized spacial score (nSPS) is 24.2. The lowest BCUT2D eigenvalue weighted by atomic mass is 9.91. The summed E-state index contributed by atoms with van der Waals surface area (Å²) in [6.45, 7) is 7.68. The molecule has 0 amide bonds. The van der Waals surface area contributed by atoms with Gasteiger partial charge in [0, 0.05) is 24.7 Å². The van der Waals surface area contributed by atoms with E-state index >= 15 is 0 Å². The number of likely N-dealkylation sites (N-methyl/N-ethyl adjacent to an activating group) is 1. The van der Waals surface area contributed by atoms with Gasteiger partial charge < -0.3 is 11.1 Å². The molecular formula is C18H31N3. The van der Waals surface area contributed by atoms with Crippen LogP contribution in [0.4, 0.5) is 0 Å². The third kappa shape index (κ3) is 4.80. The van der Waals surface area contributed by atoms with Crippen LogP contribution in [0.2, 0.25) is 0 Å². The largest absolute Gasteiger partial charge is 0.328 e. The molecular weight excluding hydrogens is 258 g/mol. The molecule has 0 bridgehead atoms. The van der Waals surface area contributed by atoms with E-state index in [9.17, 15) is 0 Å². The van der Waals surface area contributed by atoms with Crippen molar-refractivity contribution in [1.29, 1.82) is 0 Å². The quantitative estimate of drug-likeness (QED) is 0.811. The first-order chi connectivity index (χ1) is 10.2. The SMILES string of the molecule is CCN(CC)C(CNC1CCCC(N)C1)c1ccccc1. The molecule has 3 N–H and O–H groups in total. The molecule has 0 aromatic heterocycles. The number of hydrogen-bond donors (Lipinski definition) is 2. The van der Waals surface area contributed by atoms with Gasteiger partial charge in [0.25, 0.3) is 0 Å². The van der Waals surface area contributed by atoms with E-state index in [1.165, 1.54) is 24.8 Å². The van der Waals surface area contributed by atoms with E-state index in [-0.39, 0.29) is 0 Å². The van der Waals surface area contributed by atoms with Gasteiger partial charge in [-0.1, -0.05) is 50.6 Å². The van der Waals surface area contributed by atoms with Crippen LogP contribution in [0.25, 0.3) is 0 Å². The van der Waals surface area contributed by atoms with Gasteiger partial charge in [-0.3, -0.25) is 4.90 Å². The summed E-state index contributed by atoms with van der Waals surface area (Å²) in [7, 11) is 0. The summed E-state index contributed by atoms with van der Waals surface area (Å²) in [6, 6.07) is 12.3. The molecule has 1 aromatic carbocycles. The fraction of sp³-hybridized carbons (Fsp3) is 0.667. The van der Waals surface area contributed by atoms with Crippen molar-refractivity contribution in [3.05, 3.63) is 35.9 Å². The Bertz CT molecular complexity index is 389. The molecule has 21 heavy (non-hydrogen) atoms. The van der Waals surface area contributed by atoms with E-state index in [2.05, 4.69) is 54.4 Å². The minimum Gasteiger partial charge on any atom is -0.328 e. The third-order valence-electron chi connectivity index (χ3n) is 4.75. The Morgan fingerprint density at radius 3 is 2.52 bits per heavy atom. The minimum absolute atomic E-state index is 0.389. The second-order valence-corrected chi connectivity index (χ2v) is 6.18. The summed E-state index contributed by atoms with van der Waals surface area (Å²) >= 11 is 0. The van der Waals surface area contributed by atoms with Gasteiger partial charge in [-0.2, -0.15) is 0 Å². The van der Waals surface area contributed by atoms with Crippen molar-refractivity contribution in [2.75, 3.05) is 19.6 Å². The standard InChI is InChI=1S/C18H31N3/c1-3-21(4-2)18(15-9-6-5-7-10-15)14-20-17-12-8-11-16(19)13-17/h5-7,9-10,16-18,20H,3-4,8,11-14,19H2,1-2H3. The molecule has 1 fully saturated rings. The molecule has 3 atom stereocenters. The molecule has 2 rings (SSSR count). The van der Waals surface area contributed by atoms with Crippen LogP contribution in [0.3, 0.4) is 0 Å². The van der Waals surface area contributed by atoms with Crippen LogP contribution < -0.4 is 11.1 Å². The zero-order valence-electron chi connectivity index (χ0n) is 13.6. The van der Waals surface area contributed by atoms with Crippen LogP contribution in [0, 0.1) is 0 Å². The van der Waals surface area contributed by atoms with Gasteiger partial charge in [0.2, 0.25) is 0 Å². The van der Waals surface area contributed by atoms with Crippen molar-refractivity contribution in [1.82, 2.24) is 10.2 Å². The highest BCUT2D eigenvalue weighted by atomic mass is 15.2. The van der Waals surface area contributed by atoms with Gasteiger partial charge in [-0.15, -0.1) is 0 Å². The molecule has 3 unspecified atom stereocenters. The van der Waals surface area contributed by atoms with E-state index in [0.29, 0.717) is 18.1 Å². The summed E-state index contributed by atoms with van der Waals surface area (Å²) in [5, 5.41) is 3.78. The zero-order chi connectivity index (χ0) is 15.1. The summed E-state index contributed by atoms with van der Waals surface area (Å²) < 4.78 is 0. The van der Waals surface area contributed by atoms with Crippen molar-refractivity contribution < 1.29 is 0 Å². The molecule has 3 nitrogen and oxygen atoms in total. The number of rotatable bonds is 7. The Labute approximate surface area is 129 Å². The Morgan fingerprint density at radius 1 is 1.19 bits per heavy atom. The molecule has 0 spiro atoms. The number of nitrogens with zero attached hydrogens (tertiary/aromatic N) is 1. The van der Waals surface area contributed by atoms with Crippen LogP contribution in [0.1, 0.15) is 51.1 Å². The van der Waals surface area contributed by atoms with Gasteiger partial charge in [-0.25, -0.2) is 0 Å². The summed E-state index contributed by atoms with van der Waals surface area (Å²) in [5.74, 6) is 0. The Balaban J connectivity index is 1.99. The van der Waals surface area contributed by atoms with E-state index in [1.54, 1.807) is 0 Å². The first-order valence-electron chi connectivity index (χ1n) is 8.52. The summed E-state index contributed by atoms with van der Waals surface area (Å²) in [4.78, 5) is 2.53. The molecule has 1 aliphatic carbocycles. The number of benzene rings is 1. The highest BCUT2D eigenvalue weighted by molar-refractivity contribution is 5.19. The fourth-order valence-electron chi connectivity index (χ4n) is 3.49. The van der Waals surface area contributed by atoms with Crippen LogP contribution in [0.5, 0.6) is 0 Å². The van der Waals surface area contributed by atoms with Crippen molar-refractivity contribution in [3.63, 3.8) is 0 Å². The molecule has 0 aliphatic heterocycles. The van der Waals surface area contributed by atoms with E-state index < -0.39 is 0 Å². The minimum atomic E-state index is 0.389. The highest BCUT2D eigenvalue weighted by Gasteiger charge is 2.22. The van der Waals surface area contributed by atoms with Gasteiger partial charge in [-0.05, 0) is 37.9 Å². The number of nitrogens with one attached hydrogen (secondary N) is 1. The second kappa shape index (κ2) is 8.52. The molecule has 1 saturated carbocycles. The maximum atomic E-state index is 6.10. The lowest BCUT2D eigenvalue weighted by Gasteiger charge is -2.34. The van der Waals surface area contributed by atoms with Crippen molar-refractivity contribution in [2.45, 2.75) is 57.7 Å². The van der Waals surface area contributed by atoms with Gasteiger partial charge in [0.05, 0.1) is 0 Å². The van der Waals surface area contributed by atoms with Crippen LogP contribution >= 0.6 is 0 Å². The number of nitrogens with two attached hydrogens (primary N) is 1. The Morgan fingerprint density at radius 2 is 1.90 bits per heavy atom. The topological polar surface area (TPSA) is 41.3 Å². The second-order valence-electron chi connectivity index (χ2n) is 6.18. The maximum Gasteiger partial charge on any atom is 0.0472 e. The predicted molar refractivity (Wildman–Crippen MR) is 90.3 cm³/mol. The van der Waals surface area contributed by atoms with E-state index in [1.807, 2.05) is 0 Å². The monoisotopic (exact) mass is 289 g/mol. The smallest absolute Gasteiger partial charge is 0.0472 e. The van der Waals surface area contributed by atoms with E-state index in [0.717, 1.165) is 26.1 Å². The van der Waals surface area contributed by atoms with Crippen LogP contribution in [0.15, 0.2) is 30.3 Å². The Hall–Kier alpha value is -0.900. The molecule has 0 radical (unpaired) electrons. The fourth-order valence-corrected chi connectivity index (χ4v) is 3.49. The van der Waals surface area contributed by atoms with Crippen LogP contribution in [-0.4, -0.2) is 36.6 Å². The molecule has 3 heteroatoms. The van der Waals surface area contributed by atoms with Gasteiger partial charge in [0.15, 0.2) is 0 Å². The molecule has 1 aromatic rings. The predicted octanol–water partition coefficient (Wildman–Crippen LogP) is 2.93. The van der Waals surface area contributed by atoms with Crippen molar-refractivity contribution in [3.8, 4) is 0 Å². The lowest BCUT2D eigenvalue weighted by Crippen LogP contribution is -2.43. The average Bonchev–Trinajstić information content (AvgIpc) is 2.52. The number of hydrogen-bond acceptors (Lipinski definition) is 3. The van der Waals surface area contributed by atoms with Crippen molar-refractivity contribution in [2.24, 2.45) is 5.73 Å². The van der Waals surface area contributed by atoms with Crippen molar-refractivity contribution >= 4 is 0 Å². The molecule has 0 heterocycles. The first-order valence-corrected chi connectivity index (χ1v) is 8.52. The highest BCUT2D eigenvalue weighted by Crippen LogP contribution is 2.22. The zero-order valence-corrected chi connectivity index (χ0v) is 13.6. The third-order valence-corrected chi connectivity index (χ3v) is 4.75. The maximum absolute atomic E-state index is 6.10. The summed E-state index contributed by atoms with van der Waals surface area (Å²) in [6.07, 6.45) is 4.85. The van der Waals surface area contributed by atoms with Crippen LogP contribution in [-0.2, 0) is 0 Å². The van der Waals surface area contributed by atoms with E-state index in [4.69, 9.17) is 5.73 Å². The summed E-state index contributed by atoms with van der Waals surface area (Å²) in [5.41, 5.74) is 7.52. The lowest BCUT2D eigenvalue weighted by molar-refractivity contribution is 0.201. The molecule has 1 aliphatic rings. The first kappa shape index (κ1) is 16.5.